The van der Waals surface area contributed by atoms with E-state index in [1.807, 2.05) is 0 Å². The minimum Gasteiger partial charge on any atom is -0.375 e. The maximum Gasteiger partial charge on any atom is 0.248 e. The highest BCUT2D eigenvalue weighted by molar-refractivity contribution is 7.89. The minimum atomic E-state index is -3.65. The van der Waals surface area contributed by atoms with E-state index in [0.717, 1.165) is 0 Å². The van der Waals surface area contributed by atoms with Crippen molar-refractivity contribution < 1.29 is 17.9 Å². The van der Waals surface area contributed by atoms with Crippen molar-refractivity contribution in [3.63, 3.8) is 0 Å². The topological polar surface area (TPSA) is 99.8 Å². The van der Waals surface area contributed by atoms with Gasteiger partial charge in [0.25, 0.3) is 0 Å². The summed E-state index contributed by atoms with van der Waals surface area (Å²) in [6.45, 7) is 1.08. The van der Waals surface area contributed by atoms with Gasteiger partial charge in [-0.05, 0) is 6.07 Å². The molecule has 0 radical (unpaired) electrons. The zero-order chi connectivity index (χ0) is 15.5. The second kappa shape index (κ2) is 6.37. The Hall–Kier alpha value is -1.71. The molecule has 0 spiro atoms. The molecule has 8 nitrogen and oxygen atoms in total. The van der Waals surface area contributed by atoms with Crippen LogP contribution in [-0.4, -0.2) is 68.4 Å². The molecule has 0 saturated carbocycles. The molecule has 2 rings (SSSR count). The summed E-state index contributed by atoms with van der Waals surface area (Å²) in [5.41, 5.74) is -0.357. The first-order valence-electron chi connectivity index (χ1n) is 6.41. The van der Waals surface area contributed by atoms with Gasteiger partial charge in [0, 0.05) is 45.6 Å². The number of nitrogens with one attached hydrogen (secondary N) is 1. The van der Waals surface area contributed by atoms with Gasteiger partial charge in [-0.15, -0.1) is 0 Å². The molecular formula is C12H17N3O5S. The van der Waals surface area contributed by atoms with Gasteiger partial charge in [-0.1, -0.05) is 0 Å². The molecule has 9 heteroatoms. The standard InChI is InChI=1S/C12H17N3O5S/c1-20-9-12(17)14-4-6-15(7-5-14)21(18,19)10-2-3-11(16)13-8-10/h2-3,8H,4-7,9H2,1H3,(H,13,16). The smallest absolute Gasteiger partial charge is 0.248 e. The second-order valence-electron chi connectivity index (χ2n) is 4.61. The van der Waals surface area contributed by atoms with Crippen LogP contribution in [0.25, 0.3) is 0 Å². The number of hydrogen-bond donors (Lipinski definition) is 1. The van der Waals surface area contributed by atoms with Crippen LogP contribution >= 0.6 is 0 Å². The van der Waals surface area contributed by atoms with Crippen LogP contribution in [0.3, 0.4) is 0 Å². The summed E-state index contributed by atoms with van der Waals surface area (Å²) in [6.07, 6.45) is 1.18. The lowest BCUT2D eigenvalue weighted by atomic mass is 10.3. The molecular weight excluding hydrogens is 298 g/mol. The Labute approximate surface area is 122 Å². The highest BCUT2D eigenvalue weighted by Crippen LogP contribution is 2.15. The monoisotopic (exact) mass is 315 g/mol. The maximum absolute atomic E-state index is 12.4. The molecule has 116 valence electrons. The fraction of sp³-hybridized carbons (Fsp3) is 0.500. The number of piperazine rings is 1. The number of sulfonamides is 1. The Morgan fingerprint density at radius 3 is 2.48 bits per heavy atom. The Balaban J connectivity index is 2.06. The van der Waals surface area contributed by atoms with E-state index in [1.54, 1.807) is 4.90 Å². The maximum atomic E-state index is 12.4. The number of hydrogen-bond acceptors (Lipinski definition) is 5. The van der Waals surface area contributed by atoms with Gasteiger partial charge < -0.3 is 14.6 Å². The lowest BCUT2D eigenvalue weighted by Crippen LogP contribution is -2.51. The molecule has 1 amide bonds. The number of H-pyrrole nitrogens is 1. The molecule has 0 aliphatic carbocycles. The Bertz CT molecular complexity index is 641. The van der Waals surface area contributed by atoms with Crippen molar-refractivity contribution in [2.45, 2.75) is 4.90 Å². The molecule has 21 heavy (non-hydrogen) atoms. The number of pyridine rings is 1. The number of aromatic nitrogens is 1. The number of aromatic amines is 1. The number of ether oxygens (including phenoxy) is 1. The summed E-state index contributed by atoms with van der Waals surface area (Å²) >= 11 is 0. The van der Waals surface area contributed by atoms with E-state index in [4.69, 9.17) is 4.74 Å². The quantitative estimate of drug-likeness (QED) is 0.756. The molecule has 0 unspecified atom stereocenters. The van der Waals surface area contributed by atoms with Gasteiger partial charge in [-0.3, -0.25) is 9.59 Å². The average molecular weight is 315 g/mol. The predicted molar refractivity (Wildman–Crippen MR) is 74.3 cm³/mol. The fourth-order valence-electron chi connectivity index (χ4n) is 2.10. The number of carbonyl (C=O) groups excluding carboxylic acids is 1. The normalized spacial score (nSPS) is 16.9. The number of amides is 1. The van der Waals surface area contributed by atoms with E-state index in [-0.39, 0.29) is 36.1 Å². The number of carbonyl (C=O) groups is 1. The van der Waals surface area contributed by atoms with Gasteiger partial charge in [-0.25, -0.2) is 8.42 Å². The number of rotatable bonds is 4. The van der Waals surface area contributed by atoms with Crippen molar-refractivity contribution >= 4 is 15.9 Å². The summed E-state index contributed by atoms with van der Waals surface area (Å²) in [7, 11) is -2.21. The zero-order valence-electron chi connectivity index (χ0n) is 11.6. The molecule has 1 aromatic heterocycles. The van der Waals surface area contributed by atoms with Crippen LogP contribution in [0.2, 0.25) is 0 Å². The van der Waals surface area contributed by atoms with Gasteiger partial charge in [-0.2, -0.15) is 4.31 Å². The largest absolute Gasteiger partial charge is 0.375 e. The van der Waals surface area contributed by atoms with Crippen molar-refractivity contribution in [3.05, 3.63) is 28.7 Å². The summed E-state index contributed by atoms with van der Waals surface area (Å²) in [5.74, 6) is -0.154. The van der Waals surface area contributed by atoms with Crippen LogP contribution in [-0.2, 0) is 19.6 Å². The van der Waals surface area contributed by atoms with E-state index in [1.165, 1.54) is 29.7 Å². The molecule has 1 fully saturated rings. The first kappa shape index (κ1) is 15.7. The molecule has 0 atom stereocenters. The third-order valence-electron chi connectivity index (χ3n) is 3.25. The molecule has 1 saturated heterocycles. The fourth-order valence-corrected chi connectivity index (χ4v) is 3.49. The van der Waals surface area contributed by atoms with E-state index in [0.29, 0.717) is 13.1 Å². The lowest BCUT2D eigenvalue weighted by molar-refractivity contribution is -0.136. The number of methoxy groups -OCH3 is 1. The molecule has 1 aliphatic rings. The van der Waals surface area contributed by atoms with Crippen LogP contribution in [0.1, 0.15) is 0 Å². The van der Waals surface area contributed by atoms with Crippen molar-refractivity contribution in [3.8, 4) is 0 Å². The number of nitrogens with zero attached hydrogens (tertiary/aromatic N) is 2. The zero-order valence-corrected chi connectivity index (χ0v) is 12.4. The third-order valence-corrected chi connectivity index (χ3v) is 5.15. The predicted octanol–water partition coefficient (Wildman–Crippen LogP) is -1.15. The van der Waals surface area contributed by atoms with Crippen molar-refractivity contribution in [2.75, 3.05) is 39.9 Å². The molecule has 1 aromatic rings. The van der Waals surface area contributed by atoms with Crippen LogP contribution in [0.5, 0.6) is 0 Å². The van der Waals surface area contributed by atoms with Gasteiger partial charge in [0.15, 0.2) is 0 Å². The summed E-state index contributed by atoms with van der Waals surface area (Å²) in [5, 5.41) is 0. The molecule has 0 aromatic carbocycles. The highest BCUT2D eigenvalue weighted by Gasteiger charge is 2.30. The third kappa shape index (κ3) is 3.49. The van der Waals surface area contributed by atoms with Gasteiger partial charge >= 0.3 is 0 Å². The Morgan fingerprint density at radius 2 is 1.95 bits per heavy atom. The van der Waals surface area contributed by atoms with Crippen LogP contribution in [0, 0.1) is 0 Å². The molecule has 0 bridgehead atoms. The average Bonchev–Trinajstić information content (AvgIpc) is 2.48. The first-order chi connectivity index (χ1) is 9.95. The van der Waals surface area contributed by atoms with Gasteiger partial charge in [0.05, 0.1) is 4.90 Å². The van der Waals surface area contributed by atoms with E-state index in [2.05, 4.69) is 4.98 Å². The van der Waals surface area contributed by atoms with Crippen LogP contribution in [0.4, 0.5) is 0 Å². The summed E-state index contributed by atoms with van der Waals surface area (Å²) in [6, 6.07) is 2.45. The highest BCUT2D eigenvalue weighted by atomic mass is 32.2. The van der Waals surface area contributed by atoms with E-state index >= 15 is 0 Å². The second-order valence-corrected chi connectivity index (χ2v) is 6.54. The Morgan fingerprint density at radius 1 is 1.29 bits per heavy atom. The van der Waals surface area contributed by atoms with E-state index in [9.17, 15) is 18.0 Å². The molecule has 1 aliphatic heterocycles. The van der Waals surface area contributed by atoms with Crippen molar-refractivity contribution in [1.29, 1.82) is 0 Å². The summed E-state index contributed by atoms with van der Waals surface area (Å²) in [4.78, 5) is 26.6. The van der Waals surface area contributed by atoms with Crippen molar-refractivity contribution in [1.82, 2.24) is 14.2 Å². The van der Waals surface area contributed by atoms with Gasteiger partial charge in [0.1, 0.15) is 6.61 Å². The van der Waals surface area contributed by atoms with Crippen LogP contribution < -0.4 is 5.56 Å². The van der Waals surface area contributed by atoms with Crippen molar-refractivity contribution in [2.24, 2.45) is 0 Å². The summed E-state index contributed by atoms with van der Waals surface area (Å²) < 4.78 is 30.8. The molecule has 2 heterocycles. The van der Waals surface area contributed by atoms with Crippen LogP contribution in [0.15, 0.2) is 28.0 Å². The van der Waals surface area contributed by atoms with Gasteiger partial charge in [0.2, 0.25) is 21.5 Å². The lowest BCUT2D eigenvalue weighted by Gasteiger charge is -2.33. The minimum absolute atomic E-state index is 0.00727. The first-order valence-corrected chi connectivity index (χ1v) is 7.85. The Kier molecular flexibility index (Phi) is 4.76. The SMILES string of the molecule is COCC(=O)N1CCN(S(=O)(=O)c2ccc(=O)[nH]c2)CC1. The van der Waals surface area contributed by atoms with E-state index < -0.39 is 10.0 Å². The molecule has 1 N–H and O–H groups in total.